The molecule has 0 atom stereocenters. The molecule has 0 unspecified atom stereocenters. The Morgan fingerprint density at radius 1 is 1.33 bits per heavy atom. The minimum Gasteiger partial charge on any atom is -0.444 e. The first-order valence-corrected chi connectivity index (χ1v) is 6.90. The molecule has 0 radical (unpaired) electrons. The quantitative estimate of drug-likeness (QED) is 0.786. The molecule has 1 aromatic rings. The molecule has 114 valence electrons. The van der Waals surface area contributed by atoms with Crippen molar-refractivity contribution in [3.05, 3.63) is 11.6 Å². The van der Waals surface area contributed by atoms with Crippen LogP contribution < -0.4 is 4.90 Å². The van der Waals surface area contributed by atoms with Gasteiger partial charge in [0.05, 0.1) is 0 Å². The summed E-state index contributed by atoms with van der Waals surface area (Å²) >= 11 is 0. The van der Waals surface area contributed by atoms with Crippen molar-refractivity contribution in [2.75, 3.05) is 31.1 Å². The smallest absolute Gasteiger partial charge is 0.410 e. The van der Waals surface area contributed by atoms with Gasteiger partial charge in [0.1, 0.15) is 11.7 Å². The van der Waals surface area contributed by atoms with Gasteiger partial charge in [-0.3, -0.25) is 0 Å². The van der Waals surface area contributed by atoms with Crippen LogP contribution in [0.1, 0.15) is 32.4 Å². The molecule has 0 spiro atoms. The van der Waals surface area contributed by atoms with Crippen molar-refractivity contribution < 1.29 is 13.9 Å². The average Bonchev–Trinajstić information content (AvgIpc) is 2.78. The molecule has 7 heteroatoms. The molecular formula is C14H20N4O3. The summed E-state index contributed by atoms with van der Waals surface area (Å²) in [7, 11) is 0. The molecule has 1 aromatic heterocycles. The molecule has 21 heavy (non-hydrogen) atoms. The number of nitrogens with zero attached hydrogens (tertiary/aromatic N) is 4. The van der Waals surface area contributed by atoms with Gasteiger partial charge in [-0.25, -0.2) is 9.78 Å². The number of hydrogen-bond donors (Lipinski definition) is 0. The molecule has 0 saturated carbocycles. The van der Waals surface area contributed by atoms with E-state index in [0.29, 0.717) is 43.6 Å². The second-order valence-electron chi connectivity index (χ2n) is 5.95. The fourth-order valence-corrected chi connectivity index (χ4v) is 2.12. The lowest BCUT2D eigenvalue weighted by Crippen LogP contribution is -2.50. The van der Waals surface area contributed by atoms with Gasteiger partial charge in [-0.2, -0.15) is 5.26 Å². The molecule has 0 aliphatic carbocycles. The van der Waals surface area contributed by atoms with E-state index in [0.717, 1.165) is 0 Å². The van der Waals surface area contributed by atoms with Crippen molar-refractivity contribution in [1.29, 1.82) is 5.26 Å². The third-order valence-corrected chi connectivity index (χ3v) is 3.04. The van der Waals surface area contributed by atoms with Crippen molar-refractivity contribution in [2.45, 2.75) is 33.3 Å². The third-order valence-electron chi connectivity index (χ3n) is 3.04. The Hall–Kier alpha value is -2.23. The number of carbonyl (C=O) groups is 1. The van der Waals surface area contributed by atoms with Gasteiger partial charge >= 0.3 is 6.09 Å². The Balaban J connectivity index is 1.97. The molecule has 1 saturated heterocycles. The molecule has 1 aliphatic rings. The highest BCUT2D eigenvalue weighted by Gasteiger charge is 2.28. The predicted molar refractivity (Wildman–Crippen MR) is 76.0 cm³/mol. The first-order chi connectivity index (χ1) is 9.80. The minimum absolute atomic E-state index is 0.290. The van der Waals surface area contributed by atoms with Crippen LogP contribution in [0.5, 0.6) is 0 Å². The maximum absolute atomic E-state index is 12.0. The number of oxazole rings is 1. The van der Waals surface area contributed by atoms with Crippen LogP contribution in [0.15, 0.2) is 4.42 Å². The number of rotatable bonds is 1. The van der Waals surface area contributed by atoms with Crippen LogP contribution in [0.3, 0.4) is 0 Å². The average molecular weight is 292 g/mol. The highest BCUT2D eigenvalue weighted by Crippen LogP contribution is 2.23. The monoisotopic (exact) mass is 292 g/mol. The molecule has 1 amide bonds. The lowest BCUT2D eigenvalue weighted by molar-refractivity contribution is 0.0239. The van der Waals surface area contributed by atoms with Crippen molar-refractivity contribution in [3.63, 3.8) is 0 Å². The number of amides is 1. The second kappa shape index (κ2) is 5.64. The van der Waals surface area contributed by atoms with Crippen molar-refractivity contribution in [2.24, 2.45) is 0 Å². The van der Waals surface area contributed by atoms with Crippen LogP contribution in [0.4, 0.5) is 10.7 Å². The van der Waals surface area contributed by atoms with Gasteiger partial charge in [0.2, 0.25) is 11.6 Å². The normalized spacial score (nSPS) is 15.8. The Morgan fingerprint density at radius 3 is 2.48 bits per heavy atom. The Morgan fingerprint density at radius 2 is 1.95 bits per heavy atom. The molecule has 2 rings (SSSR count). The number of carbonyl (C=O) groups excluding carboxylic acids is 1. The number of nitriles is 1. The van der Waals surface area contributed by atoms with Crippen LogP contribution in [-0.2, 0) is 4.74 Å². The molecule has 7 nitrogen and oxygen atoms in total. The largest absolute Gasteiger partial charge is 0.444 e. The number of hydrogen-bond acceptors (Lipinski definition) is 6. The van der Waals surface area contributed by atoms with Crippen LogP contribution >= 0.6 is 0 Å². The molecule has 1 fully saturated rings. The Kier molecular flexibility index (Phi) is 4.07. The van der Waals surface area contributed by atoms with E-state index in [1.807, 2.05) is 31.7 Å². The lowest BCUT2D eigenvalue weighted by atomic mass is 10.2. The van der Waals surface area contributed by atoms with E-state index in [1.54, 1.807) is 11.8 Å². The highest BCUT2D eigenvalue weighted by molar-refractivity contribution is 5.68. The number of aromatic nitrogens is 1. The standard InChI is InChI=1S/C14H20N4O3/c1-10-16-11(9-15)12(20-10)17-5-7-18(8-6-17)13(19)21-14(2,3)4/h5-8H2,1-4H3. The van der Waals surface area contributed by atoms with Crippen LogP contribution in [-0.4, -0.2) is 47.8 Å². The second-order valence-corrected chi connectivity index (χ2v) is 5.95. The zero-order chi connectivity index (χ0) is 15.6. The molecule has 0 bridgehead atoms. The number of piperazine rings is 1. The van der Waals surface area contributed by atoms with Gasteiger partial charge in [0.15, 0.2) is 5.89 Å². The molecule has 1 aliphatic heterocycles. The summed E-state index contributed by atoms with van der Waals surface area (Å²) in [4.78, 5) is 19.6. The van der Waals surface area contributed by atoms with Gasteiger partial charge in [0, 0.05) is 33.1 Å². The van der Waals surface area contributed by atoms with E-state index >= 15 is 0 Å². The zero-order valence-electron chi connectivity index (χ0n) is 12.8. The third kappa shape index (κ3) is 3.66. The number of anilines is 1. The molecule has 0 N–H and O–H groups in total. The van der Waals surface area contributed by atoms with E-state index in [2.05, 4.69) is 4.98 Å². The fraction of sp³-hybridized carbons (Fsp3) is 0.643. The summed E-state index contributed by atoms with van der Waals surface area (Å²) in [6, 6.07) is 2.03. The van der Waals surface area contributed by atoms with Gasteiger partial charge < -0.3 is 19.0 Å². The van der Waals surface area contributed by atoms with Gasteiger partial charge in [-0.05, 0) is 20.8 Å². The van der Waals surface area contributed by atoms with Crippen molar-refractivity contribution in [3.8, 4) is 6.07 Å². The Labute approximate surface area is 124 Å². The van der Waals surface area contributed by atoms with Crippen LogP contribution in [0.2, 0.25) is 0 Å². The van der Waals surface area contributed by atoms with E-state index in [4.69, 9.17) is 14.4 Å². The van der Waals surface area contributed by atoms with Crippen molar-refractivity contribution >= 4 is 12.0 Å². The van der Waals surface area contributed by atoms with Crippen LogP contribution in [0, 0.1) is 18.3 Å². The topological polar surface area (TPSA) is 82.6 Å². The first kappa shape index (κ1) is 15.2. The van der Waals surface area contributed by atoms with E-state index in [9.17, 15) is 4.79 Å². The summed E-state index contributed by atoms with van der Waals surface area (Å²) in [5, 5.41) is 9.05. The first-order valence-electron chi connectivity index (χ1n) is 6.90. The number of aryl methyl sites for hydroxylation is 1. The maximum atomic E-state index is 12.0. The summed E-state index contributed by atoms with van der Waals surface area (Å²) < 4.78 is 10.8. The van der Waals surface area contributed by atoms with Crippen molar-refractivity contribution in [1.82, 2.24) is 9.88 Å². The maximum Gasteiger partial charge on any atom is 0.410 e. The van der Waals surface area contributed by atoms with E-state index in [1.165, 1.54) is 0 Å². The summed E-state index contributed by atoms with van der Waals surface area (Å²) in [6.45, 7) is 9.47. The van der Waals surface area contributed by atoms with E-state index < -0.39 is 5.60 Å². The zero-order valence-corrected chi connectivity index (χ0v) is 12.8. The summed E-state index contributed by atoms with van der Waals surface area (Å²) in [5.41, 5.74) is -0.206. The van der Waals surface area contributed by atoms with Gasteiger partial charge in [0.25, 0.3) is 0 Å². The number of ether oxygens (including phenoxy) is 1. The van der Waals surface area contributed by atoms with Gasteiger partial charge in [-0.1, -0.05) is 0 Å². The lowest BCUT2D eigenvalue weighted by Gasteiger charge is -2.35. The SMILES string of the molecule is Cc1nc(C#N)c(N2CCN(C(=O)OC(C)(C)C)CC2)o1. The summed E-state index contributed by atoms with van der Waals surface area (Å²) in [5.74, 6) is 0.954. The summed E-state index contributed by atoms with van der Waals surface area (Å²) in [6.07, 6.45) is -0.309. The molecule has 0 aromatic carbocycles. The van der Waals surface area contributed by atoms with Crippen LogP contribution in [0.25, 0.3) is 0 Å². The molecule has 2 heterocycles. The highest BCUT2D eigenvalue weighted by atomic mass is 16.6. The fourth-order valence-electron chi connectivity index (χ4n) is 2.12. The predicted octanol–water partition coefficient (Wildman–Crippen LogP) is 1.91. The van der Waals surface area contributed by atoms with E-state index in [-0.39, 0.29) is 6.09 Å². The van der Waals surface area contributed by atoms with Gasteiger partial charge in [-0.15, -0.1) is 0 Å². The minimum atomic E-state index is -0.496. The molecular weight excluding hydrogens is 272 g/mol. The Bertz CT molecular complexity index is 560.